The lowest BCUT2D eigenvalue weighted by Gasteiger charge is -2.45. The Bertz CT molecular complexity index is 2590. The monoisotopic (exact) mass is 739 g/mol. The Morgan fingerprint density at radius 3 is 1.79 bits per heavy atom. The zero-order chi connectivity index (χ0) is 38.9. The average Bonchev–Trinajstić information content (AvgIpc) is 3.53. The van der Waals surface area contributed by atoms with Crippen LogP contribution in [0.3, 0.4) is 0 Å². The highest BCUT2D eigenvalue weighted by atomic mass is 15.2. The topological polar surface area (TPSA) is 3.24 Å². The molecule has 0 bridgehead atoms. The van der Waals surface area contributed by atoms with E-state index in [1.54, 1.807) is 0 Å². The summed E-state index contributed by atoms with van der Waals surface area (Å²) in [7, 11) is 0. The SMILES string of the molecule is Cc1ccc2c(c1N(c1ccccc1)c1cc3c(cc1-c1ccc4c(c1)CCCC4)-c1ccccc1C3(c1ccccc1)c1ccccc1)C(C)(C)CCC2(C)C. The van der Waals surface area contributed by atoms with Gasteiger partial charge in [0.2, 0.25) is 0 Å². The van der Waals surface area contributed by atoms with Gasteiger partial charge >= 0.3 is 0 Å². The normalized spacial score (nSPS) is 16.9. The number of rotatable bonds is 6. The molecular weight excluding hydrogens is 687 g/mol. The van der Waals surface area contributed by atoms with E-state index in [1.807, 2.05) is 0 Å². The van der Waals surface area contributed by atoms with Crippen molar-refractivity contribution in [3.63, 3.8) is 0 Å². The summed E-state index contributed by atoms with van der Waals surface area (Å²) in [5.74, 6) is 0. The van der Waals surface area contributed by atoms with Crippen LogP contribution in [-0.2, 0) is 29.1 Å². The van der Waals surface area contributed by atoms with E-state index in [-0.39, 0.29) is 10.8 Å². The summed E-state index contributed by atoms with van der Waals surface area (Å²) in [6.45, 7) is 12.2. The fraction of sp³-hybridized carbons (Fsp3) is 0.250. The summed E-state index contributed by atoms with van der Waals surface area (Å²) in [4.78, 5) is 2.66. The predicted molar refractivity (Wildman–Crippen MR) is 241 cm³/mol. The minimum Gasteiger partial charge on any atom is -0.309 e. The molecule has 0 heterocycles. The number of para-hydroxylation sites is 1. The second-order valence-electron chi connectivity index (χ2n) is 18.2. The van der Waals surface area contributed by atoms with Crippen LogP contribution >= 0.6 is 0 Å². The van der Waals surface area contributed by atoms with Crippen LogP contribution in [0.25, 0.3) is 22.3 Å². The van der Waals surface area contributed by atoms with Crippen molar-refractivity contribution in [1.82, 2.24) is 0 Å². The summed E-state index contributed by atoms with van der Waals surface area (Å²) in [6.07, 6.45) is 7.18. The van der Waals surface area contributed by atoms with Gasteiger partial charge in [0, 0.05) is 11.3 Å². The molecule has 0 radical (unpaired) electrons. The van der Waals surface area contributed by atoms with E-state index < -0.39 is 5.41 Å². The zero-order valence-corrected chi connectivity index (χ0v) is 34.2. The number of hydrogen-bond donors (Lipinski definition) is 0. The molecule has 1 heteroatoms. The molecule has 57 heavy (non-hydrogen) atoms. The van der Waals surface area contributed by atoms with Gasteiger partial charge in [0.05, 0.1) is 16.8 Å². The third kappa shape index (κ3) is 5.57. The van der Waals surface area contributed by atoms with Gasteiger partial charge < -0.3 is 4.90 Å². The molecule has 0 spiro atoms. The molecule has 3 aliphatic rings. The second-order valence-corrected chi connectivity index (χ2v) is 18.2. The van der Waals surface area contributed by atoms with Crippen molar-refractivity contribution < 1.29 is 0 Å². The third-order valence-corrected chi connectivity index (χ3v) is 13.9. The molecule has 7 aromatic carbocycles. The Labute approximate surface area is 340 Å². The molecule has 0 saturated heterocycles. The first kappa shape index (κ1) is 35.7. The van der Waals surface area contributed by atoms with Gasteiger partial charge in [-0.2, -0.15) is 0 Å². The summed E-state index contributed by atoms with van der Waals surface area (Å²) < 4.78 is 0. The van der Waals surface area contributed by atoms with Crippen molar-refractivity contribution >= 4 is 17.1 Å². The van der Waals surface area contributed by atoms with Crippen LogP contribution in [0.2, 0.25) is 0 Å². The summed E-state index contributed by atoms with van der Waals surface area (Å²) >= 11 is 0. The Morgan fingerprint density at radius 1 is 0.474 bits per heavy atom. The highest BCUT2D eigenvalue weighted by molar-refractivity contribution is 5.97. The van der Waals surface area contributed by atoms with Crippen LogP contribution in [0.1, 0.15) is 103 Å². The smallest absolute Gasteiger partial charge is 0.0714 e. The fourth-order valence-electron chi connectivity index (χ4n) is 10.9. The molecule has 0 aromatic heterocycles. The van der Waals surface area contributed by atoms with E-state index >= 15 is 0 Å². The van der Waals surface area contributed by atoms with Crippen molar-refractivity contribution in [2.75, 3.05) is 4.90 Å². The highest BCUT2D eigenvalue weighted by Crippen LogP contribution is 2.60. The molecule has 0 amide bonds. The molecule has 0 saturated carbocycles. The highest BCUT2D eigenvalue weighted by Gasteiger charge is 2.47. The Balaban J connectivity index is 1.37. The van der Waals surface area contributed by atoms with Gasteiger partial charge in [-0.3, -0.25) is 0 Å². The van der Waals surface area contributed by atoms with Crippen LogP contribution in [0, 0.1) is 6.92 Å². The molecule has 0 fully saturated rings. The summed E-state index contributed by atoms with van der Waals surface area (Å²) in [5.41, 5.74) is 21.1. The third-order valence-electron chi connectivity index (χ3n) is 13.9. The number of nitrogens with zero attached hydrogens (tertiary/aromatic N) is 1. The van der Waals surface area contributed by atoms with E-state index in [4.69, 9.17) is 0 Å². The maximum Gasteiger partial charge on any atom is 0.0714 e. The molecule has 3 aliphatic carbocycles. The molecule has 10 rings (SSSR count). The van der Waals surface area contributed by atoms with Crippen molar-refractivity contribution in [2.45, 2.75) is 89.4 Å². The maximum atomic E-state index is 2.66. The van der Waals surface area contributed by atoms with E-state index in [1.165, 1.54) is 115 Å². The quantitative estimate of drug-likeness (QED) is 0.164. The summed E-state index contributed by atoms with van der Waals surface area (Å²) in [5, 5.41) is 0. The van der Waals surface area contributed by atoms with Gasteiger partial charge in [0.1, 0.15) is 0 Å². The van der Waals surface area contributed by atoms with Crippen LogP contribution in [0.15, 0.2) is 158 Å². The Hall–Kier alpha value is -5.66. The largest absolute Gasteiger partial charge is 0.309 e. The molecule has 1 nitrogen and oxygen atoms in total. The number of hydrogen-bond acceptors (Lipinski definition) is 1. The number of fused-ring (bicyclic) bond motifs is 5. The van der Waals surface area contributed by atoms with Gasteiger partial charge in [0.15, 0.2) is 0 Å². The molecule has 0 aliphatic heterocycles. The van der Waals surface area contributed by atoms with Crippen molar-refractivity contribution in [3.8, 4) is 22.3 Å². The average molecular weight is 740 g/mol. The van der Waals surface area contributed by atoms with E-state index in [2.05, 4.69) is 197 Å². The van der Waals surface area contributed by atoms with Crippen molar-refractivity contribution in [2.24, 2.45) is 0 Å². The first-order chi connectivity index (χ1) is 27.7. The van der Waals surface area contributed by atoms with Gasteiger partial charge in [0.25, 0.3) is 0 Å². The molecule has 0 unspecified atom stereocenters. The fourth-order valence-corrected chi connectivity index (χ4v) is 10.9. The molecule has 0 N–H and O–H groups in total. The van der Waals surface area contributed by atoms with Gasteiger partial charge in [-0.1, -0.05) is 161 Å². The minimum absolute atomic E-state index is 0.00395. The van der Waals surface area contributed by atoms with Crippen LogP contribution in [0.4, 0.5) is 17.1 Å². The molecular formula is C56H53N. The predicted octanol–water partition coefficient (Wildman–Crippen LogP) is 14.7. The second kappa shape index (κ2) is 13.5. The lowest BCUT2D eigenvalue weighted by molar-refractivity contribution is 0.332. The Kier molecular flexibility index (Phi) is 8.45. The maximum absolute atomic E-state index is 2.66. The van der Waals surface area contributed by atoms with Gasteiger partial charge in [-0.05, 0) is 147 Å². The standard InChI is InChI=1S/C56H53N/c1-38-29-32-49-52(55(4,5)34-33-54(49,2)3)53(38)57(44-25-13-8-14-26-44)51-37-50-47(36-46(51)41-31-30-39-19-15-16-20-40(39)35-41)45-27-17-18-28-48(45)56(50,42-21-9-6-10-22-42)43-23-11-7-12-24-43/h6-14,17-18,21-32,35-37H,15-16,19-20,33-34H2,1-5H3. The first-order valence-electron chi connectivity index (χ1n) is 21.2. The van der Waals surface area contributed by atoms with E-state index in [0.29, 0.717) is 0 Å². The summed E-state index contributed by atoms with van der Waals surface area (Å²) in [6, 6.07) is 60.3. The van der Waals surface area contributed by atoms with E-state index in [9.17, 15) is 0 Å². The van der Waals surface area contributed by atoms with Crippen LogP contribution < -0.4 is 4.90 Å². The van der Waals surface area contributed by atoms with E-state index in [0.717, 1.165) is 12.8 Å². The van der Waals surface area contributed by atoms with Crippen LogP contribution in [0.5, 0.6) is 0 Å². The minimum atomic E-state index is -0.508. The number of benzene rings is 7. The van der Waals surface area contributed by atoms with Crippen molar-refractivity contribution in [1.29, 1.82) is 0 Å². The van der Waals surface area contributed by atoms with Gasteiger partial charge in [-0.15, -0.1) is 0 Å². The Morgan fingerprint density at radius 2 is 1.09 bits per heavy atom. The number of anilines is 3. The lowest BCUT2D eigenvalue weighted by Crippen LogP contribution is -2.36. The van der Waals surface area contributed by atoms with Gasteiger partial charge in [-0.25, -0.2) is 0 Å². The number of aryl methyl sites for hydroxylation is 3. The molecule has 7 aromatic rings. The lowest BCUT2D eigenvalue weighted by atomic mass is 9.62. The molecule has 0 atom stereocenters. The first-order valence-corrected chi connectivity index (χ1v) is 21.2. The van der Waals surface area contributed by atoms with Crippen LogP contribution in [-0.4, -0.2) is 0 Å². The molecule has 282 valence electrons. The zero-order valence-electron chi connectivity index (χ0n) is 34.2. The van der Waals surface area contributed by atoms with Crippen molar-refractivity contribution in [3.05, 3.63) is 208 Å².